The smallest absolute Gasteiger partial charge is 0.416 e. The van der Waals surface area contributed by atoms with Crippen molar-refractivity contribution in [3.05, 3.63) is 81.8 Å². The second-order valence-electron chi connectivity index (χ2n) is 8.25. The Morgan fingerprint density at radius 2 is 1.66 bits per heavy atom. The number of alkyl halides is 3. The molecule has 10 heteroatoms. The fourth-order valence-electron chi connectivity index (χ4n) is 3.95. The number of nitrogens with zero attached hydrogens (tertiary/aromatic N) is 1. The molecular formula is C25H24F3N3O3S. The molecule has 1 saturated carbocycles. The molecule has 2 N–H and O–H groups in total. The molecule has 1 fully saturated rings. The number of thiazole rings is 1. The first-order valence-electron chi connectivity index (χ1n) is 11.2. The van der Waals surface area contributed by atoms with E-state index in [0.717, 1.165) is 25.0 Å². The summed E-state index contributed by atoms with van der Waals surface area (Å²) < 4.78 is 44.7. The Hall–Kier alpha value is -3.40. The second-order valence-corrected chi connectivity index (χ2v) is 9.19. The fourth-order valence-corrected chi connectivity index (χ4v) is 4.64. The summed E-state index contributed by atoms with van der Waals surface area (Å²) >= 11 is 1.31. The number of carbonyl (C=O) groups excluding carboxylic acids is 2. The van der Waals surface area contributed by atoms with E-state index in [1.807, 2.05) is 30.3 Å². The third kappa shape index (κ3) is 6.60. The number of carbonyl (C=O) groups is 2. The van der Waals surface area contributed by atoms with Gasteiger partial charge in [0.15, 0.2) is 0 Å². The van der Waals surface area contributed by atoms with E-state index >= 15 is 0 Å². The van der Waals surface area contributed by atoms with Crippen molar-refractivity contribution >= 4 is 23.2 Å². The van der Waals surface area contributed by atoms with Crippen molar-refractivity contribution in [1.82, 2.24) is 15.6 Å². The Morgan fingerprint density at radius 3 is 2.34 bits per heavy atom. The molecule has 2 unspecified atom stereocenters. The Labute approximate surface area is 204 Å². The Balaban J connectivity index is 1.36. The highest BCUT2D eigenvalue weighted by molar-refractivity contribution is 7.09. The van der Waals surface area contributed by atoms with Crippen molar-refractivity contribution in [2.24, 2.45) is 0 Å². The van der Waals surface area contributed by atoms with Crippen LogP contribution in [0.1, 0.15) is 57.1 Å². The summed E-state index contributed by atoms with van der Waals surface area (Å²) in [6, 6.07) is 12.8. The SMILES string of the molecule is O=C(NC1CCCCC1NC(=O)c1csc(COc2ccccc2)n1)c1cccc(C(F)(F)F)c1. The maximum absolute atomic E-state index is 13.0. The van der Waals surface area contributed by atoms with Crippen LogP contribution in [0.5, 0.6) is 5.75 Å². The normalized spacial score (nSPS) is 18.0. The maximum Gasteiger partial charge on any atom is 0.416 e. The van der Waals surface area contributed by atoms with Gasteiger partial charge in [-0.1, -0.05) is 37.1 Å². The van der Waals surface area contributed by atoms with Gasteiger partial charge in [0.25, 0.3) is 11.8 Å². The van der Waals surface area contributed by atoms with Crippen molar-refractivity contribution in [1.29, 1.82) is 0 Å². The minimum absolute atomic E-state index is 0.0713. The van der Waals surface area contributed by atoms with Crippen molar-refractivity contribution < 1.29 is 27.5 Å². The van der Waals surface area contributed by atoms with Crippen LogP contribution in [0.15, 0.2) is 60.0 Å². The van der Waals surface area contributed by atoms with Crippen molar-refractivity contribution in [2.45, 2.75) is 50.6 Å². The van der Waals surface area contributed by atoms with Gasteiger partial charge in [0.2, 0.25) is 0 Å². The number of aromatic nitrogens is 1. The van der Waals surface area contributed by atoms with Gasteiger partial charge >= 0.3 is 6.18 Å². The first kappa shape index (κ1) is 24.7. The van der Waals surface area contributed by atoms with Crippen LogP contribution in [-0.2, 0) is 12.8 Å². The molecule has 6 nitrogen and oxygen atoms in total. The van der Waals surface area contributed by atoms with Crippen LogP contribution >= 0.6 is 11.3 Å². The molecule has 1 aliphatic rings. The van der Waals surface area contributed by atoms with Crippen LogP contribution in [0.3, 0.4) is 0 Å². The van der Waals surface area contributed by atoms with Gasteiger partial charge in [-0.25, -0.2) is 4.98 Å². The Morgan fingerprint density at radius 1 is 0.971 bits per heavy atom. The zero-order chi connectivity index (χ0) is 24.8. The number of nitrogens with one attached hydrogen (secondary N) is 2. The molecule has 4 rings (SSSR count). The van der Waals surface area contributed by atoms with Gasteiger partial charge in [-0.15, -0.1) is 11.3 Å². The van der Waals surface area contributed by atoms with Crippen LogP contribution in [-0.4, -0.2) is 28.9 Å². The summed E-state index contributed by atoms with van der Waals surface area (Å²) in [6.07, 6.45) is -1.56. The minimum Gasteiger partial charge on any atom is -0.486 e. The molecule has 0 aliphatic heterocycles. The molecule has 184 valence electrons. The maximum atomic E-state index is 13.0. The van der Waals surface area contributed by atoms with E-state index < -0.39 is 23.7 Å². The van der Waals surface area contributed by atoms with Crippen molar-refractivity contribution in [2.75, 3.05) is 0 Å². The zero-order valence-electron chi connectivity index (χ0n) is 18.7. The van der Waals surface area contributed by atoms with Gasteiger partial charge in [0.05, 0.1) is 5.56 Å². The number of para-hydroxylation sites is 1. The predicted octanol–water partition coefficient (Wildman–Crippen LogP) is 5.21. The topological polar surface area (TPSA) is 80.3 Å². The van der Waals surface area contributed by atoms with Gasteiger partial charge < -0.3 is 15.4 Å². The summed E-state index contributed by atoms with van der Waals surface area (Å²) in [4.78, 5) is 29.8. The lowest BCUT2D eigenvalue weighted by molar-refractivity contribution is -0.137. The molecule has 35 heavy (non-hydrogen) atoms. The van der Waals surface area contributed by atoms with E-state index in [2.05, 4.69) is 15.6 Å². The monoisotopic (exact) mass is 503 g/mol. The van der Waals surface area contributed by atoms with Gasteiger partial charge in [-0.05, 0) is 43.2 Å². The average Bonchev–Trinajstić information content (AvgIpc) is 3.33. The van der Waals surface area contributed by atoms with Gasteiger partial charge in [-0.2, -0.15) is 13.2 Å². The summed E-state index contributed by atoms with van der Waals surface area (Å²) in [5.41, 5.74) is -0.692. The lowest BCUT2D eigenvalue weighted by Crippen LogP contribution is -2.53. The molecule has 1 heterocycles. The third-order valence-electron chi connectivity index (χ3n) is 5.74. The fraction of sp³-hybridized carbons (Fsp3) is 0.320. The van der Waals surface area contributed by atoms with E-state index in [1.165, 1.54) is 23.5 Å². The molecule has 1 aliphatic carbocycles. The lowest BCUT2D eigenvalue weighted by Gasteiger charge is -2.32. The van der Waals surface area contributed by atoms with E-state index in [-0.39, 0.29) is 29.8 Å². The summed E-state index contributed by atoms with van der Waals surface area (Å²) in [5.74, 6) is -0.260. The standard InChI is InChI=1S/C25H24F3N3O3S/c26-25(27,28)17-8-6-7-16(13-17)23(32)30-19-11-4-5-12-20(19)31-24(33)21-15-35-22(29-21)14-34-18-9-2-1-3-10-18/h1-3,6-10,13,15,19-20H,4-5,11-12,14H2,(H,30,32)(H,31,33). The van der Waals surface area contributed by atoms with Crippen LogP contribution in [0.4, 0.5) is 13.2 Å². The van der Waals surface area contributed by atoms with Crippen LogP contribution in [0, 0.1) is 0 Å². The van der Waals surface area contributed by atoms with Gasteiger partial charge in [-0.3, -0.25) is 9.59 Å². The summed E-state index contributed by atoms with van der Waals surface area (Å²) in [5, 5.41) is 8.04. The van der Waals surface area contributed by atoms with Crippen LogP contribution < -0.4 is 15.4 Å². The van der Waals surface area contributed by atoms with E-state index in [9.17, 15) is 22.8 Å². The largest absolute Gasteiger partial charge is 0.486 e. The molecule has 1 aromatic heterocycles. The van der Waals surface area contributed by atoms with Crippen molar-refractivity contribution in [3.8, 4) is 5.75 Å². The molecule has 0 spiro atoms. The number of benzene rings is 2. The molecule has 2 atom stereocenters. The molecule has 0 radical (unpaired) electrons. The van der Waals surface area contributed by atoms with Gasteiger partial charge in [0, 0.05) is 23.0 Å². The first-order chi connectivity index (χ1) is 16.8. The van der Waals surface area contributed by atoms with E-state index in [1.54, 1.807) is 5.38 Å². The lowest BCUT2D eigenvalue weighted by atomic mass is 9.90. The summed E-state index contributed by atoms with van der Waals surface area (Å²) in [6.45, 7) is 0.237. The molecule has 0 bridgehead atoms. The Bertz CT molecular complexity index is 1170. The highest BCUT2D eigenvalue weighted by Crippen LogP contribution is 2.29. The predicted molar refractivity (Wildman–Crippen MR) is 125 cm³/mol. The molecular weight excluding hydrogens is 479 g/mol. The quantitative estimate of drug-likeness (QED) is 0.464. The highest BCUT2D eigenvalue weighted by Gasteiger charge is 2.32. The average molecular weight is 504 g/mol. The number of ether oxygens (including phenoxy) is 1. The number of hydrogen-bond acceptors (Lipinski definition) is 5. The molecule has 0 saturated heterocycles. The highest BCUT2D eigenvalue weighted by atomic mass is 32.1. The summed E-state index contributed by atoms with van der Waals surface area (Å²) in [7, 11) is 0. The van der Waals surface area contributed by atoms with Crippen LogP contribution in [0.2, 0.25) is 0 Å². The van der Waals surface area contributed by atoms with E-state index in [0.29, 0.717) is 23.6 Å². The third-order valence-corrected chi connectivity index (χ3v) is 6.56. The molecule has 2 aromatic carbocycles. The number of halogens is 3. The number of rotatable bonds is 7. The van der Waals surface area contributed by atoms with Crippen molar-refractivity contribution in [3.63, 3.8) is 0 Å². The minimum atomic E-state index is -4.53. The number of hydrogen-bond donors (Lipinski definition) is 2. The molecule has 2 amide bonds. The molecule has 3 aromatic rings. The Kier molecular flexibility index (Phi) is 7.70. The second kappa shape index (κ2) is 10.9. The van der Waals surface area contributed by atoms with E-state index in [4.69, 9.17) is 4.74 Å². The first-order valence-corrected chi connectivity index (χ1v) is 12.1. The zero-order valence-corrected chi connectivity index (χ0v) is 19.5. The number of amides is 2. The van der Waals surface area contributed by atoms with Gasteiger partial charge in [0.1, 0.15) is 23.1 Å². The van der Waals surface area contributed by atoms with Crippen LogP contribution in [0.25, 0.3) is 0 Å².